The molecule has 0 heterocycles. The van der Waals surface area contributed by atoms with Gasteiger partial charge >= 0.3 is 5.76 Å². The standard InChI is InChI=1S/C14H19F2NO2S/c1-10-6-2-3-7-11(10)17-12-8-4-5-9-13(12)20(18,19)14(15)16/h4-5,8-11,14,17H,2-3,6-7H2,1H3. The predicted octanol–water partition coefficient (Wildman–Crippen LogP) is 3.67. The fourth-order valence-corrected chi connectivity index (χ4v) is 3.55. The van der Waals surface area contributed by atoms with Gasteiger partial charge in [0.05, 0.1) is 10.6 Å². The summed E-state index contributed by atoms with van der Waals surface area (Å²) in [5.41, 5.74) is 0.284. The van der Waals surface area contributed by atoms with Crippen LogP contribution in [-0.2, 0) is 9.84 Å². The number of para-hydroxylation sites is 1. The van der Waals surface area contributed by atoms with E-state index >= 15 is 0 Å². The van der Waals surface area contributed by atoms with E-state index in [1.54, 1.807) is 12.1 Å². The van der Waals surface area contributed by atoms with Crippen molar-refractivity contribution in [3.63, 3.8) is 0 Å². The maximum atomic E-state index is 12.7. The van der Waals surface area contributed by atoms with E-state index in [1.165, 1.54) is 12.1 Å². The zero-order valence-corrected chi connectivity index (χ0v) is 12.2. The maximum Gasteiger partial charge on any atom is 0.341 e. The first kappa shape index (κ1) is 15.2. The number of anilines is 1. The molecule has 1 aromatic carbocycles. The fourth-order valence-electron chi connectivity index (χ4n) is 2.66. The van der Waals surface area contributed by atoms with Crippen molar-refractivity contribution in [2.24, 2.45) is 5.92 Å². The Bertz CT molecular complexity index is 560. The number of hydrogen-bond donors (Lipinski definition) is 1. The Morgan fingerprint density at radius 1 is 1.20 bits per heavy atom. The van der Waals surface area contributed by atoms with Gasteiger partial charge in [-0.25, -0.2) is 8.42 Å². The first-order valence-corrected chi connectivity index (χ1v) is 8.35. The van der Waals surface area contributed by atoms with Crippen LogP contribution < -0.4 is 5.32 Å². The van der Waals surface area contributed by atoms with Crippen LogP contribution in [0.3, 0.4) is 0 Å². The molecule has 0 bridgehead atoms. The molecule has 3 nitrogen and oxygen atoms in total. The lowest BCUT2D eigenvalue weighted by atomic mass is 9.86. The molecule has 0 saturated heterocycles. The first-order chi connectivity index (χ1) is 9.43. The van der Waals surface area contributed by atoms with Gasteiger partial charge in [0.25, 0.3) is 0 Å². The van der Waals surface area contributed by atoms with Gasteiger partial charge in [0.2, 0.25) is 9.84 Å². The highest BCUT2D eigenvalue weighted by Gasteiger charge is 2.30. The highest BCUT2D eigenvalue weighted by atomic mass is 32.2. The second-order valence-corrected chi connectivity index (χ2v) is 7.20. The van der Waals surface area contributed by atoms with E-state index in [2.05, 4.69) is 12.2 Å². The zero-order valence-electron chi connectivity index (χ0n) is 11.4. The molecule has 0 spiro atoms. The summed E-state index contributed by atoms with van der Waals surface area (Å²) < 4.78 is 48.8. The molecule has 6 heteroatoms. The van der Waals surface area contributed by atoms with Crippen LogP contribution in [0.25, 0.3) is 0 Å². The van der Waals surface area contributed by atoms with Crippen molar-refractivity contribution in [2.45, 2.75) is 49.3 Å². The minimum absolute atomic E-state index is 0.137. The zero-order chi connectivity index (χ0) is 14.8. The summed E-state index contributed by atoms with van der Waals surface area (Å²) in [4.78, 5) is -0.312. The highest BCUT2D eigenvalue weighted by Crippen LogP contribution is 2.31. The van der Waals surface area contributed by atoms with Crippen molar-refractivity contribution < 1.29 is 17.2 Å². The van der Waals surface area contributed by atoms with Crippen LogP contribution in [0.4, 0.5) is 14.5 Å². The monoisotopic (exact) mass is 303 g/mol. The van der Waals surface area contributed by atoms with Crippen LogP contribution in [0.5, 0.6) is 0 Å². The lowest BCUT2D eigenvalue weighted by Gasteiger charge is -2.31. The average molecular weight is 303 g/mol. The molecule has 0 amide bonds. The lowest BCUT2D eigenvalue weighted by molar-refractivity contribution is 0.235. The third-order valence-electron chi connectivity index (χ3n) is 3.88. The second kappa shape index (κ2) is 6.08. The Labute approximate surface area is 118 Å². The Morgan fingerprint density at radius 2 is 1.85 bits per heavy atom. The molecular formula is C14H19F2NO2S. The molecule has 2 rings (SSSR count). The molecule has 1 fully saturated rings. The van der Waals surface area contributed by atoms with E-state index in [1.807, 2.05) is 0 Å². The number of hydrogen-bond acceptors (Lipinski definition) is 3. The molecule has 20 heavy (non-hydrogen) atoms. The van der Waals surface area contributed by atoms with E-state index < -0.39 is 15.6 Å². The summed E-state index contributed by atoms with van der Waals surface area (Å²) in [6.45, 7) is 2.10. The average Bonchev–Trinajstić information content (AvgIpc) is 2.41. The van der Waals surface area contributed by atoms with E-state index in [-0.39, 0.29) is 16.6 Å². The van der Waals surface area contributed by atoms with Gasteiger partial charge in [0.15, 0.2) is 0 Å². The number of alkyl halides is 2. The third-order valence-corrected chi connectivity index (χ3v) is 5.32. The number of nitrogens with one attached hydrogen (secondary N) is 1. The number of rotatable bonds is 4. The highest BCUT2D eigenvalue weighted by molar-refractivity contribution is 7.91. The van der Waals surface area contributed by atoms with Crippen LogP contribution in [0.2, 0.25) is 0 Å². The topological polar surface area (TPSA) is 46.2 Å². The second-order valence-electron chi connectivity index (χ2n) is 5.31. The van der Waals surface area contributed by atoms with Crippen LogP contribution in [-0.4, -0.2) is 20.2 Å². The third kappa shape index (κ3) is 3.11. The molecule has 0 aromatic heterocycles. The van der Waals surface area contributed by atoms with Gasteiger partial charge in [-0.1, -0.05) is 31.9 Å². The van der Waals surface area contributed by atoms with Crippen molar-refractivity contribution >= 4 is 15.5 Å². The lowest BCUT2D eigenvalue weighted by Crippen LogP contribution is -2.31. The van der Waals surface area contributed by atoms with E-state index in [0.29, 0.717) is 5.92 Å². The molecule has 112 valence electrons. The van der Waals surface area contributed by atoms with Gasteiger partial charge in [-0.15, -0.1) is 0 Å². The van der Waals surface area contributed by atoms with Crippen molar-refractivity contribution in [3.8, 4) is 0 Å². The molecule has 1 N–H and O–H groups in total. The maximum absolute atomic E-state index is 12.7. The van der Waals surface area contributed by atoms with E-state index in [0.717, 1.165) is 25.7 Å². The summed E-state index contributed by atoms with van der Waals surface area (Å²) in [7, 11) is -4.57. The number of sulfone groups is 1. The molecule has 0 radical (unpaired) electrons. The quantitative estimate of drug-likeness (QED) is 0.923. The van der Waals surface area contributed by atoms with Crippen LogP contribution in [0, 0.1) is 5.92 Å². The predicted molar refractivity (Wildman–Crippen MR) is 74.7 cm³/mol. The summed E-state index contributed by atoms with van der Waals surface area (Å²) in [6, 6.07) is 6.04. The fraction of sp³-hybridized carbons (Fsp3) is 0.571. The Hall–Kier alpha value is -1.17. The van der Waals surface area contributed by atoms with Gasteiger partial charge < -0.3 is 5.32 Å². The molecule has 2 unspecified atom stereocenters. The largest absolute Gasteiger partial charge is 0.381 e. The van der Waals surface area contributed by atoms with Crippen molar-refractivity contribution in [2.75, 3.05) is 5.32 Å². The SMILES string of the molecule is CC1CCCCC1Nc1ccccc1S(=O)(=O)C(F)F. The van der Waals surface area contributed by atoms with Crippen LogP contribution in [0.1, 0.15) is 32.6 Å². The van der Waals surface area contributed by atoms with Gasteiger partial charge in [0, 0.05) is 6.04 Å². The summed E-state index contributed by atoms with van der Waals surface area (Å²) in [6.07, 6.45) is 4.24. The minimum Gasteiger partial charge on any atom is -0.381 e. The summed E-state index contributed by atoms with van der Waals surface area (Å²) >= 11 is 0. The van der Waals surface area contributed by atoms with Crippen molar-refractivity contribution in [1.29, 1.82) is 0 Å². The summed E-state index contributed by atoms with van der Waals surface area (Å²) in [5.74, 6) is -2.99. The smallest absolute Gasteiger partial charge is 0.341 e. The van der Waals surface area contributed by atoms with E-state index in [4.69, 9.17) is 0 Å². The molecule has 1 saturated carbocycles. The molecular weight excluding hydrogens is 284 g/mol. The first-order valence-electron chi connectivity index (χ1n) is 6.80. The van der Waals surface area contributed by atoms with Crippen molar-refractivity contribution in [1.82, 2.24) is 0 Å². The van der Waals surface area contributed by atoms with Crippen LogP contribution in [0.15, 0.2) is 29.2 Å². The number of halogens is 2. The molecule has 1 aliphatic rings. The Balaban J connectivity index is 2.29. The van der Waals surface area contributed by atoms with Gasteiger partial charge in [-0.3, -0.25) is 0 Å². The van der Waals surface area contributed by atoms with Gasteiger partial charge in [-0.05, 0) is 30.9 Å². The summed E-state index contributed by atoms with van der Waals surface area (Å²) in [5, 5.41) is 3.15. The Kier molecular flexibility index (Phi) is 4.62. The molecule has 1 aliphatic carbocycles. The van der Waals surface area contributed by atoms with Crippen LogP contribution >= 0.6 is 0 Å². The van der Waals surface area contributed by atoms with Gasteiger partial charge in [0.1, 0.15) is 0 Å². The molecule has 0 aliphatic heterocycles. The number of benzene rings is 1. The minimum atomic E-state index is -4.57. The molecule has 2 atom stereocenters. The molecule has 1 aromatic rings. The van der Waals surface area contributed by atoms with E-state index in [9.17, 15) is 17.2 Å². The Morgan fingerprint density at radius 3 is 2.50 bits per heavy atom. The van der Waals surface area contributed by atoms with Crippen molar-refractivity contribution in [3.05, 3.63) is 24.3 Å². The normalized spacial score (nSPS) is 23.8. The van der Waals surface area contributed by atoms with Gasteiger partial charge in [-0.2, -0.15) is 8.78 Å².